The summed E-state index contributed by atoms with van der Waals surface area (Å²) in [6, 6.07) is 12.7. The highest BCUT2D eigenvalue weighted by Gasteiger charge is 2.30. The Hall–Kier alpha value is -4.62. The summed E-state index contributed by atoms with van der Waals surface area (Å²) in [6.45, 7) is 7.41. The van der Waals surface area contributed by atoms with Crippen molar-refractivity contribution in [2.75, 3.05) is 38.6 Å². The third kappa shape index (κ3) is 7.47. The number of carbonyl (C=O) groups excluding carboxylic acids is 2. The SMILES string of the molecule is CN(CCO)CCNC(=O)c1nc(NC(=O)NC2CCC(Oc3ccc4nncn4c3)c3ccccc32)cc(C(C)(C)C)n1. The van der Waals surface area contributed by atoms with Gasteiger partial charge in [-0.2, -0.15) is 0 Å². The number of likely N-dealkylation sites (N-methyl/N-ethyl adjacent to an activating group) is 1. The molecule has 44 heavy (non-hydrogen) atoms. The molecule has 3 aromatic heterocycles. The van der Waals surface area contributed by atoms with E-state index in [0.29, 0.717) is 43.9 Å². The van der Waals surface area contributed by atoms with Crippen LogP contribution in [-0.4, -0.2) is 79.8 Å². The normalized spacial score (nSPS) is 16.4. The molecule has 2 atom stereocenters. The van der Waals surface area contributed by atoms with Gasteiger partial charge in [0.1, 0.15) is 24.0 Å². The number of aliphatic hydroxyl groups is 1. The molecule has 232 valence electrons. The number of urea groups is 1. The Morgan fingerprint density at radius 2 is 1.89 bits per heavy atom. The third-order valence-corrected chi connectivity index (χ3v) is 7.48. The molecule has 4 N–H and O–H groups in total. The van der Waals surface area contributed by atoms with Gasteiger partial charge in [0.25, 0.3) is 5.91 Å². The van der Waals surface area contributed by atoms with Crippen molar-refractivity contribution in [2.24, 2.45) is 0 Å². The maximum absolute atomic E-state index is 13.3. The van der Waals surface area contributed by atoms with Gasteiger partial charge in [0.05, 0.1) is 24.5 Å². The average Bonchev–Trinajstić information content (AvgIpc) is 3.46. The summed E-state index contributed by atoms with van der Waals surface area (Å²) in [6.07, 6.45) is 4.67. The zero-order chi connectivity index (χ0) is 31.3. The van der Waals surface area contributed by atoms with Crippen molar-refractivity contribution in [2.45, 2.75) is 51.2 Å². The Labute approximate surface area is 256 Å². The zero-order valence-electron chi connectivity index (χ0n) is 25.4. The number of nitrogens with one attached hydrogen (secondary N) is 3. The van der Waals surface area contributed by atoms with E-state index in [1.165, 1.54) is 0 Å². The van der Waals surface area contributed by atoms with E-state index in [4.69, 9.17) is 9.84 Å². The van der Waals surface area contributed by atoms with Gasteiger partial charge >= 0.3 is 6.03 Å². The Morgan fingerprint density at radius 1 is 1.09 bits per heavy atom. The average molecular weight is 602 g/mol. The van der Waals surface area contributed by atoms with E-state index in [-0.39, 0.29) is 35.8 Å². The van der Waals surface area contributed by atoms with Crippen LogP contribution in [0.5, 0.6) is 5.75 Å². The molecule has 13 nitrogen and oxygen atoms in total. The van der Waals surface area contributed by atoms with Crippen molar-refractivity contribution in [3.8, 4) is 5.75 Å². The highest BCUT2D eigenvalue weighted by atomic mass is 16.5. The zero-order valence-corrected chi connectivity index (χ0v) is 25.4. The molecule has 1 aromatic carbocycles. The minimum Gasteiger partial charge on any atom is -0.484 e. The molecule has 4 aromatic rings. The predicted molar refractivity (Wildman–Crippen MR) is 165 cm³/mol. The summed E-state index contributed by atoms with van der Waals surface area (Å²) in [5.74, 6) is 0.481. The largest absolute Gasteiger partial charge is 0.484 e. The van der Waals surface area contributed by atoms with Crippen molar-refractivity contribution in [3.63, 3.8) is 0 Å². The van der Waals surface area contributed by atoms with Crippen LogP contribution in [0.2, 0.25) is 0 Å². The fourth-order valence-corrected chi connectivity index (χ4v) is 5.09. The van der Waals surface area contributed by atoms with E-state index in [1.807, 2.05) is 79.7 Å². The second kappa shape index (κ2) is 13.3. The number of carbonyl (C=O) groups is 2. The van der Waals surface area contributed by atoms with Gasteiger partial charge in [-0.05, 0) is 43.1 Å². The van der Waals surface area contributed by atoms with Crippen LogP contribution >= 0.6 is 0 Å². The van der Waals surface area contributed by atoms with E-state index in [2.05, 4.69) is 36.1 Å². The van der Waals surface area contributed by atoms with Crippen LogP contribution in [0.4, 0.5) is 10.6 Å². The lowest BCUT2D eigenvalue weighted by Gasteiger charge is -2.32. The van der Waals surface area contributed by atoms with Crippen molar-refractivity contribution in [1.82, 2.24) is 40.1 Å². The molecule has 0 aliphatic heterocycles. The van der Waals surface area contributed by atoms with Crippen LogP contribution in [-0.2, 0) is 5.41 Å². The number of hydrogen-bond acceptors (Lipinski definition) is 9. The Balaban J connectivity index is 1.27. The number of aliphatic hydroxyl groups excluding tert-OH is 1. The first-order valence-corrected chi connectivity index (χ1v) is 14.7. The minimum absolute atomic E-state index is 0.0230. The Morgan fingerprint density at radius 3 is 2.66 bits per heavy atom. The summed E-state index contributed by atoms with van der Waals surface area (Å²) in [4.78, 5) is 36.9. The Bertz CT molecular complexity index is 1620. The van der Waals surface area contributed by atoms with Crippen LogP contribution < -0.4 is 20.7 Å². The minimum atomic E-state index is -0.437. The van der Waals surface area contributed by atoms with Gasteiger partial charge in [0.15, 0.2) is 5.65 Å². The number of fused-ring (bicyclic) bond motifs is 2. The molecule has 0 radical (unpaired) electrons. The summed E-state index contributed by atoms with van der Waals surface area (Å²) in [5, 5.41) is 25.8. The predicted octanol–water partition coefficient (Wildman–Crippen LogP) is 3.25. The van der Waals surface area contributed by atoms with Crippen molar-refractivity contribution < 1.29 is 19.4 Å². The van der Waals surface area contributed by atoms with Gasteiger partial charge in [-0.1, -0.05) is 45.0 Å². The van der Waals surface area contributed by atoms with Gasteiger partial charge in [0.2, 0.25) is 5.82 Å². The molecule has 2 unspecified atom stereocenters. The van der Waals surface area contributed by atoms with Crippen LogP contribution in [0, 0.1) is 0 Å². The summed E-state index contributed by atoms with van der Waals surface area (Å²) >= 11 is 0. The summed E-state index contributed by atoms with van der Waals surface area (Å²) < 4.78 is 8.18. The number of rotatable bonds is 10. The van der Waals surface area contributed by atoms with E-state index < -0.39 is 11.9 Å². The second-order valence-corrected chi connectivity index (χ2v) is 11.9. The molecule has 0 bridgehead atoms. The first-order chi connectivity index (χ1) is 21.1. The van der Waals surface area contributed by atoms with Crippen molar-refractivity contribution in [1.29, 1.82) is 0 Å². The molecule has 3 amide bonds. The number of nitrogens with zero attached hydrogens (tertiary/aromatic N) is 6. The lowest BCUT2D eigenvalue weighted by molar-refractivity contribution is 0.0938. The number of amides is 3. The lowest BCUT2D eigenvalue weighted by Crippen LogP contribution is -2.37. The molecule has 5 rings (SSSR count). The highest BCUT2D eigenvalue weighted by molar-refractivity contribution is 5.92. The number of hydrogen-bond donors (Lipinski definition) is 4. The Kier molecular flexibility index (Phi) is 9.35. The van der Waals surface area contributed by atoms with E-state index in [9.17, 15) is 9.59 Å². The smallest absolute Gasteiger partial charge is 0.320 e. The molecule has 0 fully saturated rings. The first kappa shape index (κ1) is 30.8. The monoisotopic (exact) mass is 601 g/mol. The van der Waals surface area contributed by atoms with E-state index in [0.717, 1.165) is 16.8 Å². The van der Waals surface area contributed by atoms with E-state index in [1.54, 1.807) is 12.4 Å². The van der Waals surface area contributed by atoms with Gasteiger partial charge in [-0.25, -0.2) is 14.8 Å². The summed E-state index contributed by atoms with van der Waals surface area (Å²) in [7, 11) is 1.86. The maximum Gasteiger partial charge on any atom is 0.320 e. The van der Waals surface area contributed by atoms with Crippen LogP contribution in [0.25, 0.3) is 5.65 Å². The number of aromatic nitrogens is 5. The molecule has 3 heterocycles. The quantitative estimate of drug-likeness (QED) is 0.214. The number of ether oxygens (including phenoxy) is 1. The van der Waals surface area contributed by atoms with Gasteiger partial charge in [-0.3, -0.25) is 14.5 Å². The third-order valence-electron chi connectivity index (χ3n) is 7.48. The van der Waals surface area contributed by atoms with Gasteiger partial charge in [-0.15, -0.1) is 10.2 Å². The molecule has 1 aliphatic carbocycles. The maximum atomic E-state index is 13.3. The first-order valence-electron chi connectivity index (χ1n) is 14.7. The molecular weight excluding hydrogens is 562 g/mol. The fraction of sp³-hybridized carbons (Fsp3) is 0.419. The molecule has 1 aliphatic rings. The van der Waals surface area contributed by atoms with Crippen LogP contribution in [0.1, 0.15) is 73.2 Å². The molecular formula is C31H39N9O4. The van der Waals surface area contributed by atoms with Crippen molar-refractivity contribution >= 4 is 23.4 Å². The number of benzene rings is 1. The topological polar surface area (TPSA) is 159 Å². The number of anilines is 1. The molecule has 13 heteroatoms. The van der Waals surface area contributed by atoms with Crippen molar-refractivity contribution in [3.05, 3.63) is 77.6 Å². The van der Waals surface area contributed by atoms with Gasteiger partial charge < -0.3 is 25.4 Å². The molecule has 0 spiro atoms. The highest BCUT2D eigenvalue weighted by Crippen LogP contribution is 2.38. The van der Waals surface area contributed by atoms with Gasteiger partial charge in [0, 0.05) is 31.1 Å². The summed E-state index contributed by atoms with van der Waals surface area (Å²) in [5.41, 5.74) is 2.97. The number of pyridine rings is 1. The van der Waals surface area contributed by atoms with Crippen LogP contribution in [0.3, 0.4) is 0 Å². The molecule has 0 saturated heterocycles. The fourth-order valence-electron chi connectivity index (χ4n) is 5.09. The van der Waals surface area contributed by atoms with Crippen LogP contribution in [0.15, 0.2) is 55.0 Å². The second-order valence-electron chi connectivity index (χ2n) is 11.9. The standard InChI is InChI=1S/C31H39N9O4/c1-31(2,3)25-17-26(36-28(35-25)29(42)32-13-14-39(4)15-16-41)37-30(43)34-23-10-11-24(22-8-6-5-7-21(22)23)44-20-9-12-27-38-33-19-40(27)18-20/h5-9,12,17-19,23-24,41H,10-11,13-16H2,1-4H3,(H,32,42)(H2,34,35,36,37,43). The van der Waals surface area contributed by atoms with E-state index >= 15 is 0 Å². The molecule has 0 saturated carbocycles. The lowest BCUT2D eigenvalue weighted by atomic mass is 9.85.